The second kappa shape index (κ2) is 5.76. The second-order valence-electron chi connectivity index (χ2n) is 4.17. The van der Waals surface area contributed by atoms with E-state index in [-0.39, 0.29) is 0 Å². The lowest BCUT2D eigenvalue weighted by atomic mass is 10.1. The summed E-state index contributed by atoms with van der Waals surface area (Å²) in [5.74, 6) is 1.84. The molecule has 1 aliphatic rings. The maximum atomic E-state index is 10.8. The predicted molar refractivity (Wildman–Crippen MR) is 58.4 cm³/mol. The largest absolute Gasteiger partial charge is 0.314 e. The highest BCUT2D eigenvalue weighted by molar-refractivity contribution is 7.84. The number of hydrogen-bond acceptors (Lipinski definition) is 2. The lowest BCUT2D eigenvalue weighted by molar-refractivity contribution is 0.488. The van der Waals surface area contributed by atoms with Gasteiger partial charge in [-0.05, 0) is 32.2 Å². The Bertz CT molecular complexity index is 168. The third kappa shape index (κ3) is 6.22. The first-order chi connectivity index (χ1) is 6.18. The van der Waals surface area contributed by atoms with Gasteiger partial charge in [-0.25, -0.2) is 0 Å². The molecule has 2 nitrogen and oxygen atoms in total. The van der Waals surface area contributed by atoms with Gasteiger partial charge in [0.1, 0.15) is 0 Å². The summed E-state index contributed by atoms with van der Waals surface area (Å²) in [4.78, 5) is 0. The van der Waals surface area contributed by atoms with Gasteiger partial charge in [-0.1, -0.05) is 12.8 Å². The van der Waals surface area contributed by atoms with E-state index in [9.17, 15) is 4.21 Å². The third-order valence-corrected chi connectivity index (χ3v) is 3.35. The maximum Gasteiger partial charge on any atom is 0.0244 e. The molecule has 2 unspecified atom stereocenters. The molecule has 2 atom stereocenters. The van der Waals surface area contributed by atoms with Crippen molar-refractivity contribution >= 4 is 10.8 Å². The summed E-state index contributed by atoms with van der Waals surface area (Å²) in [6.45, 7) is 3.27. The van der Waals surface area contributed by atoms with Crippen LogP contribution in [0.4, 0.5) is 0 Å². The van der Waals surface area contributed by atoms with E-state index in [1.165, 1.54) is 19.3 Å². The molecule has 0 heterocycles. The van der Waals surface area contributed by atoms with E-state index < -0.39 is 10.8 Å². The van der Waals surface area contributed by atoms with E-state index in [1.54, 1.807) is 6.26 Å². The van der Waals surface area contributed by atoms with Gasteiger partial charge < -0.3 is 5.32 Å². The average Bonchev–Trinajstić information content (AvgIpc) is 2.81. The Morgan fingerprint density at radius 3 is 2.77 bits per heavy atom. The Hall–Kier alpha value is 0.110. The fourth-order valence-electron chi connectivity index (χ4n) is 1.56. The number of nitrogens with one attached hydrogen (secondary N) is 1. The highest BCUT2D eigenvalue weighted by atomic mass is 32.2. The van der Waals surface area contributed by atoms with E-state index in [1.807, 2.05) is 0 Å². The molecule has 0 saturated heterocycles. The van der Waals surface area contributed by atoms with Crippen LogP contribution in [-0.4, -0.2) is 28.8 Å². The van der Waals surface area contributed by atoms with Crippen molar-refractivity contribution in [3.63, 3.8) is 0 Å². The van der Waals surface area contributed by atoms with Gasteiger partial charge in [0.05, 0.1) is 0 Å². The topological polar surface area (TPSA) is 29.1 Å². The molecule has 0 bridgehead atoms. The van der Waals surface area contributed by atoms with Crippen LogP contribution in [0.15, 0.2) is 0 Å². The van der Waals surface area contributed by atoms with Crippen LogP contribution >= 0.6 is 0 Å². The van der Waals surface area contributed by atoms with Crippen molar-refractivity contribution in [2.75, 3.05) is 18.6 Å². The van der Waals surface area contributed by atoms with Gasteiger partial charge in [-0.3, -0.25) is 4.21 Å². The van der Waals surface area contributed by atoms with Crippen molar-refractivity contribution in [3.05, 3.63) is 0 Å². The minimum Gasteiger partial charge on any atom is -0.314 e. The van der Waals surface area contributed by atoms with Crippen LogP contribution in [0, 0.1) is 5.92 Å². The van der Waals surface area contributed by atoms with Gasteiger partial charge in [0.15, 0.2) is 0 Å². The molecule has 0 aromatic heterocycles. The summed E-state index contributed by atoms with van der Waals surface area (Å²) in [5.41, 5.74) is 0. The molecule has 0 radical (unpaired) electrons. The Kier molecular flexibility index (Phi) is 4.96. The first-order valence-corrected chi connectivity index (χ1v) is 6.94. The molecule has 3 heteroatoms. The molecule has 0 aromatic carbocycles. The van der Waals surface area contributed by atoms with Crippen LogP contribution in [-0.2, 0) is 10.8 Å². The molecule has 13 heavy (non-hydrogen) atoms. The summed E-state index contributed by atoms with van der Waals surface area (Å²) in [6.07, 6.45) is 7.01. The van der Waals surface area contributed by atoms with Crippen LogP contribution < -0.4 is 5.32 Å². The van der Waals surface area contributed by atoms with Crippen LogP contribution in [0.3, 0.4) is 0 Å². The first-order valence-electron chi connectivity index (χ1n) is 5.22. The van der Waals surface area contributed by atoms with Gasteiger partial charge >= 0.3 is 0 Å². The Balaban J connectivity index is 1.88. The summed E-state index contributed by atoms with van der Waals surface area (Å²) in [5, 5.41) is 3.47. The number of rotatable bonds is 7. The summed E-state index contributed by atoms with van der Waals surface area (Å²) >= 11 is 0. The third-order valence-electron chi connectivity index (χ3n) is 2.49. The molecule has 1 N–H and O–H groups in total. The Morgan fingerprint density at radius 1 is 1.54 bits per heavy atom. The fourth-order valence-corrected chi connectivity index (χ4v) is 2.11. The smallest absolute Gasteiger partial charge is 0.0244 e. The molecule has 0 aliphatic heterocycles. The van der Waals surface area contributed by atoms with Crippen LogP contribution in [0.2, 0.25) is 0 Å². The van der Waals surface area contributed by atoms with Gasteiger partial charge in [-0.15, -0.1) is 0 Å². The van der Waals surface area contributed by atoms with E-state index in [2.05, 4.69) is 12.2 Å². The lowest BCUT2D eigenvalue weighted by Gasteiger charge is -2.12. The maximum absolute atomic E-state index is 10.8. The van der Waals surface area contributed by atoms with E-state index in [0.29, 0.717) is 6.04 Å². The quantitative estimate of drug-likeness (QED) is 0.636. The highest BCUT2D eigenvalue weighted by Crippen LogP contribution is 2.33. The minimum absolute atomic E-state index is 0.619. The highest BCUT2D eigenvalue weighted by Gasteiger charge is 2.22. The minimum atomic E-state index is -0.619. The van der Waals surface area contributed by atoms with Gasteiger partial charge in [-0.2, -0.15) is 0 Å². The molecule has 1 fully saturated rings. The molecule has 0 aromatic rings. The van der Waals surface area contributed by atoms with E-state index in [0.717, 1.165) is 24.6 Å². The van der Waals surface area contributed by atoms with Gasteiger partial charge in [0.25, 0.3) is 0 Å². The Labute approximate surface area is 83.9 Å². The molecular weight excluding hydrogens is 182 g/mol. The number of hydrogen-bond donors (Lipinski definition) is 1. The normalized spacial score (nSPS) is 21.4. The molecular formula is C10H21NOS. The van der Waals surface area contributed by atoms with Crippen molar-refractivity contribution in [2.45, 2.75) is 38.6 Å². The van der Waals surface area contributed by atoms with Crippen molar-refractivity contribution < 1.29 is 4.21 Å². The zero-order valence-corrected chi connectivity index (χ0v) is 9.53. The van der Waals surface area contributed by atoms with E-state index >= 15 is 0 Å². The zero-order chi connectivity index (χ0) is 9.68. The van der Waals surface area contributed by atoms with Crippen molar-refractivity contribution in [1.29, 1.82) is 0 Å². The van der Waals surface area contributed by atoms with Crippen molar-refractivity contribution in [2.24, 2.45) is 5.92 Å². The average molecular weight is 203 g/mol. The fraction of sp³-hybridized carbons (Fsp3) is 1.00. The molecule has 1 aliphatic carbocycles. The summed E-state index contributed by atoms with van der Waals surface area (Å²) in [7, 11) is -0.619. The van der Waals surface area contributed by atoms with Gasteiger partial charge in [0, 0.05) is 28.9 Å². The standard InChI is InChI=1S/C10H21NOS/c1-9(8-10-4-5-10)11-6-3-7-13(2)12/h9-11H,3-8H2,1-2H3. The predicted octanol–water partition coefficient (Wildman–Crippen LogP) is 1.53. The van der Waals surface area contributed by atoms with Crippen molar-refractivity contribution in [1.82, 2.24) is 5.32 Å². The zero-order valence-electron chi connectivity index (χ0n) is 8.71. The van der Waals surface area contributed by atoms with E-state index in [4.69, 9.17) is 0 Å². The van der Waals surface area contributed by atoms with Crippen LogP contribution in [0.5, 0.6) is 0 Å². The SMILES string of the molecule is CC(CC1CC1)NCCCS(C)=O. The molecule has 0 spiro atoms. The molecule has 1 saturated carbocycles. The lowest BCUT2D eigenvalue weighted by Crippen LogP contribution is -2.28. The second-order valence-corrected chi connectivity index (χ2v) is 5.72. The summed E-state index contributed by atoms with van der Waals surface area (Å²) in [6, 6.07) is 0.651. The van der Waals surface area contributed by atoms with Crippen LogP contribution in [0.25, 0.3) is 0 Å². The summed E-state index contributed by atoms with van der Waals surface area (Å²) < 4.78 is 10.8. The monoisotopic (exact) mass is 203 g/mol. The molecule has 78 valence electrons. The molecule has 0 amide bonds. The van der Waals surface area contributed by atoms with Gasteiger partial charge in [0.2, 0.25) is 0 Å². The van der Waals surface area contributed by atoms with Crippen LogP contribution in [0.1, 0.15) is 32.6 Å². The Morgan fingerprint density at radius 2 is 2.23 bits per heavy atom. The van der Waals surface area contributed by atoms with Crippen molar-refractivity contribution in [3.8, 4) is 0 Å². The molecule has 1 rings (SSSR count). The first kappa shape index (κ1) is 11.2.